The first kappa shape index (κ1) is 6.08. The number of allylic oxidation sites excluding steroid dienone is 2. The lowest BCUT2D eigenvalue weighted by molar-refractivity contribution is 0.741. The van der Waals surface area contributed by atoms with Crippen molar-refractivity contribution in [1.29, 1.82) is 5.41 Å². The van der Waals surface area contributed by atoms with Gasteiger partial charge in [-0.2, -0.15) is 0 Å². The smallest absolute Gasteiger partial charge is 0.0796 e. The second-order valence-electron chi connectivity index (χ2n) is 1.97. The van der Waals surface area contributed by atoms with Gasteiger partial charge in [-0.25, -0.2) is 0 Å². The van der Waals surface area contributed by atoms with Gasteiger partial charge in [-0.05, 0) is 6.42 Å². The molecule has 0 aliphatic heterocycles. The van der Waals surface area contributed by atoms with Crippen LogP contribution in [0.25, 0.3) is 0 Å². The Balaban J connectivity index is 2.36. The van der Waals surface area contributed by atoms with Crippen molar-refractivity contribution in [3.63, 3.8) is 0 Å². The lowest BCUT2D eigenvalue weighted by Gasteiger charge is -2.10. The van der Waals surface area contributed by atoms with Gasteiger partial charge in [0.2, 0.25) is 0 Å². The second kappa shape index (κ2) is 3.07. The van der Waals surface area contributed by atoms with Gasteiger partial charge in [-0.1, -0.05) is 24.3 Å². The molecule has 1 atom stereocenters. The summed E-state index contributed by atoms with van der Waals surface area (Å²) in [6.45, 7) is 0. The maximum atomic E-state index is 6.74. The lowest BCUT2D eigenvalue weighted by Crippen LogP contribution is -2.25. The molecule has 2 nitrogen and oxygen atoms in total. The minimum Gasteiger partial charge on any atom is -0.370 e. The molecule has 9 heavy (non-hydrogen) atoms. The van der Waals surface area contributed by atoms with E-state index in [2.05, 4.69) is 11.4 Å². The molecule has 0 saturated carbocycles. The fraction of sp³-hybridized carbons (Fsp3) is 0.286. The van der Waals surface area contributed by atoms with Crippen LogP contribution >= 0.6 is 0 Å². The highest BCUT2D eigenvalue weighted by molar-refractivity contribution is 5.51. The van der Waals surface area contributed by atoms with Crippen molar-refractivity contribution in [2.45, 2.75) is 12.5 Å². The fourth-order valence-electron chi connectivity index (χ4n) is 0.811. The van der Waals surface area contributed by atoms with Crippen LogP contribution in [0.4, 0.5) is 0 Å². The highest BCUT2D eigenvalue weighted by Crippen LogP contribution is 2.00. The monoisotopic (exact) mass is 122 g/mol. The third-order valence-electron chi connectivity index (χ3n) is 1.28. The Bertz CT molecular complexity index is 145. The molecule has 1 rings (SSSR count). The average Bonchev–Trinajstić information content (AvgIpc) is 1.91. The average molecular weight is 122 g/mol. The third kappa shape index (κ3) is 1.72. The molecule has 0 radical (unpaired) electrons. The number of hydrogen-bond donors (Lipinski definition) is 2. The van der Waals surface area contributed by atoms with Crippen molar-refractivity contribution in [3.05, 3.63) is 24.3 Å². The van der Waals surface area contributed by atoms with E-state index in [1.807, 2.05) is 18.2 Å². The van der Waals surface area contributed by atoms with E-state index < -0.39 is 0 Å². The maximum absolute atomic E-state index is 6.74. The molecule has 0 fully saturated rings. The molecule has 0 aromatic carbocycles. The Morgan fingerprint density at radius 2 is 2.44 bits per heavy atom. The molecular formula is C7H10N2. The molecule has 2 heteroatoms. The molecule has 0 heterocycles. The van der Waals surface area contributed by atoms with Crippen LogP contribution in [0.15, 0.2) is 24.3 Å². The molecule has 1 aliphatic carbocycles. The summed E-state index contributed by atoms with van der Waals surface area (Å²) < 4.78 is 0. The van der Waals surface area contributed by atoms with Crippen LogP contribution in [0.5, 0.6) is 0 Å². The quantitative estimate of drug-likeness (QED) is 0.417. The summed E-state index contributed by atoms with van der Waals surface area (Å²) in [6.07, 6.45) is 10.4. The Labute approximate surface area is 54.8 Å². The Kier molecular flexibility index (Phi) is 2.07. The van der Waals surface area contributed by atoms with E-state index in [0.717, 1.165) is 6.42 Å². The van der Waals surface area contributed by atoms with E-state index in [9.17, 15) is 0 Å². The van der Waals surface area contributed by atoms with E-state index in [4.69, 9.17) is 5.41 Å². The van der Waals surface area contributed by atoms with Gasteiger partial charge in [0.1, 0.15) is 0 Å². The number of rotatable bonds is 2. The van der Waals surface area contributed by atoms with Crippen LogP contribution in [-0.4, -0.2) is 12.4 Å². The Morgan fingerprint density at radius 3 is 3.00 bits per heavy atom. The molecule has 0 spiro atoms. The van der Waals surface area contributed by atoms with Gasteiger partial charge in [0, 0.05) is 6.04 Å². The molecule has 48 valence electrons. The first-order chi connectivity index (χ1) is 4.43. The minimum atomic E-state index is 0.340. The summed E-state index contributed by atoms with van der Waals surface area (Å²) in [7, 11) is 0. The van der Waals surface area contributed by atoms with E-state index in [-0.39, 0.29) is 0 Å². The zero-order valence-electron chi connectivity index (χ0n) is 5.17. The zero-order valence-corrected chi connectivity index (χ0v) is 5.17. The van der Waals surface area contributed by atoms with Crippen LogP contribution in [0.1, 0.15) is 6.42 Å². The van der Waals surface area contributed by atoms with Gasteiger partial charge >= 0.3 is 0 Å². The molecule has 0 aromatic rings. The van der Waals surface area contributed by atoms with Crippen LogP contribution in [0, 0.1) is 5.41 Å². The molecule has 0 bridgehead atoms. The van der Waals surface area contributed by atoms with Gasteiger partial charge in [0.05, 0.1) is 6.34 Å². The van der Waals surface area contributed by atoms with Crippen LogP contribution < -0.4 is 5.32 Å². The largest absolute Gasteiger partial charge is 0.370 e. The summed E-state index contributed by atoms with van der Waals surface area (Å²) in [5.74, 6) is 0. The molecule has 1 unspecified atom stereocenters. The normalized spacial score (nSPS) is 23.8. The van der Waals surface area contributed by atoms with Crippen molar-refractivity contribution < 1.29 is 0 Å². The maximum Gasteiger partial charge on any atom is 0.0796 e. The summed E-state index contributed by atoms with van der Waals surface area (Å²) in [6, 6.07) is 0.340. The summed E-state index contributed by atoms with van der Waals surface area (Å²) in [5.41, 5.74) is 0. The van der Waals surface area contributed by atoms with Gasteiger partial charge in [0.15, 0.2) is 0 Å². The lowest BCUT2D eigenvalue weighted by atomic mass is 10.1. The Hall–Kier alpha value is -1.05. The molecule has 2 N–H and O–H groups in total. The predicted octanol–water partition coefficient (Wildman–Crippen LogP) is 1.07. The van der Waals surface area contributed by atoms with Crippen LogP contribution in [-0.2, 0) is 0 Å². The number of hydrogen-bond acceptors (Lipinski definition) is 1. The van der Waals surface area contributed by atoms with E-state index in [0.29, 0.717) is 6.04 Å². The highest BCUT2D eigenvalue weighted by Gasteiger charge is 1.99. The Morgan fingerprint density at radius 1 is 1.56 bits per heavy atom. The van der Waals surface area contributed by atoms with E-state index >= 15 is 0 Å². The first-order valence-corrected chi connectivity index (χ1v) is 3.02. The fourth-order valence-corrected chi connectivity index (χ4v) is 0.811. The first-order valence-electron chi connectivity index (χ1n) is 3.02. The molecule has 0 amide bonds. The van der Waals surface area contributed by atoms with Gasteiger partial charge in [0.25, 0.3) is 0 Å². The van der Waals surface area contributed by atoms with E-state index in [1.165, 1.54) is 6.34 Å². The summed E-state index contributed by atoms with van der Waals surface area (Å²) in [5, 5.41) is 9.63. The summed E-state index contributed by atoms with van der Waals surface area (Å²) >= 11 is 0. The third-order valence-corrected chi connectivity index (χ3v) is 1.28. The standard InChI is InChI=1S/C7H10N2/c8-6-9-7-4-2-1-3-5-7/h1-4,6-7H,5H2,(H2,8,9). The van der Waals surface area contributed by atoms with Crippen molar-refractivity contribution in [1.82, 2.24) is 5.32 Å². The zero-order chi connectivity index (χ0) is 6.53. The molecule has 0 aromatic heterocycles. The van der Waals surface area contributed by atoms with Crippen molar-refractivity contribution in [2.75, 3.05) is 0 Å². The van der Waals surface area contributed by atoms with E-state index in [1.54, 1.807) is 0 Å². The second-order valence-corrected chi connectivity index (χ2v) is 1.97. The summed E-state index contributed by atoms with van der Waals surface area (Å²) in [4.78, 5) is 0. The minimum absolute atomic E-state index is 0.340. The molecule has 0 saturated heterocycles. The van der Waals surface area contributed by atoms with Crippen molar-refractivity contribution >= 4 is 6.34 Å². The molecule has 1 aliphatic rings. The van der Waals surface area contributed by atoms with Gasteiger partial charge in [-0.3, -0.25) is 5.41 Å². The number of nitrogens with one attached hydrogen (secondary N) is 2. The topological polar surface area (TPSA) is 35.9 Å². The predicted molar refractivity (Wildman–Crippen MR) is 38.6 cm³/mol. The van der Waals surface area contributed by atoms with Gasteiger partial charge < -0.3 is 5.32 Å². The van der Waals surface area contributed by atoms with Crippen molar-refractivity contribution in [3.8, 4) is 0 Å². The highest BCUT2D eigenvalue weighted by atomic mass is 14.9. The van der Waals surface area contributed by atoms with Crippen molar-refractivity contribution in [2.24, 2.45) is 0 Å². The van der Waals surface area contributed by atoms with Crippen LogP contribution in [0.3, 0.4) is 0 Å². The molecular weight excluding hydrogens is 112 g/mol. The van der Waals surface area contributed by atoms with Crippen LogP contribution in [0.2, 0.25) is 0 Å². The SMILES string of the molecule is N=CNC1C=CC=CC1. The van der Waals surface area contributed by atoms with Gasteiger partial charge in [-0.15, -0.1) is 0 Å².